The maximum atomic E-state index is 13.6. The Balaban J connectivity index is 1.51. The Morgan fingerprint density at radius 1 is 0.949 bits per heavy atom. The monoisotopic (exact) mass is 564 g/mol. The molecule has 4 aromatic carbocycles. The molecule has 0 atom stereocenters. The van der Waals surface area contributed by atoms with Gasteiger partial charge in [-0.3, -0.25) is 9.10 Å². The fourth-order valence-electron chi connectivity index (χ4n) is 3.88. The van der Waals surface area contributed by atoms with E-state index in [1.807, 2.05) is 50.2 Å². The molecule has 1 N–H and O–H groups in total. The Hall–Kier alpha value is -3.82. The number of amides is 1. The highest BCUT2D eigenvalue weighted by Crippen LogP contribution is 2.27. The first kappa shape index (κ1) is 28.2. The van der Waals surface area contributed by atoms with Gasteiger partial charge >= 0.3 is 0 Å². The minimum atomic E-state index is -4.14. The van der Waals surface area contributed by atoms with E-state index >= 15 is 0 Å². The second-order valence-electron chi connectivity index (χ2n) is 8.69. The van der Waals surface area contributed by atoms with E-state index in [9.17, 15) is 17.6 Å². The number of rotatable bonds is 11. The van der Waals surface area contributed by atoms with Crippen LogP contribution in [0, 0.1) is 12.7 Å². The molecule has 0 saturated carbocycles. The number of carbonyl (C=O) groups is 1. The van der Waals surface area contributed by atoms with Crippen molar-refractivity contribution in [3.8, 4) is 5.75 Å². The minimum Gasteiger partial charge on any atom is -0.494 e. The highest BCUT2D eigenvalue weighted by molar-refractivity contribution is 7.98. The highest BCUT2D eigenvalue weighted by atomic mass is 32.2. The number of ether oxygens (including phenoxy) is 1. The molecule has 0 aliphatic carbocycles. The van der Waals surface area contributed by atoms with Gasteiger partial charge in [0.1, 0.15) is 18.1 Å². The molecule has 0 bridgehead atoms. The van der Waals surface area contributed by atoms with Crippen molar-refractivity contribution in [3.63, 3.8) is 0 Å². The van der Waals surface area contributed by atoms with E-state index in [0.29, 0.717) is 18.0 Å². The predicted molar refractivity (Wildman–Crippen MR) is 154 cm³/mol. The van der Waals surface area contributed by atoms with E-state index in [4.69, 9.17) is 4.74 Å². The summed E-state index contributed by atoms with van der Waals surface area (Å²) in [7, 11) is -4.14. The lowest BCUT2D eigenvalue weighted by molar-refractivity contribution is -0.114. The van der Waals surface area contributed by atoms with Gasteiger partial charge in [0, 0.05) is 16.3 Å². The Labute approximate surface area is 232 Å². The number of hydrogen-bond donors (Lipinski definition) is 1. The smallest absolute Gasteiger partial charge is 0.264 e. The van der Waals surface area contributed by atoms with Gasteiger partial charge in [0.25, 0.3) is 10.0 Å². The van der Waals surface area contributed by atoms with Crippen LogP contribution in [0.3, 0.4) is 0 Å². The molecule has 0 saturated heterocycles. The standard InChI is InChI=1S/C30H29FN2O4S2/c1-3-37-26-14-16-28(17-15-26)39(35,36)33(25-12-10-24(31)11-13-25)20-30(34)32-29-18-9-23(19-22(29)2)21-38-27-7-5-4-6-8-27/h4-19H,3,20-21H2,1-2H3,(H,32,34). The van der Waals surface area contributed by atoms with E-state index in [1.165, 1.54) is 29.2 Å². The summed E-state index contributed by atoms with van der Waals surface area (Å²) >= 11 is 1.72. The number of hydrogen-bond acceptors (Lipinski definition) is 5. The number of halogens is 1. The van der Waals surface area contributed by atoms with Crippen LogP contribution >= 0.6 is 11.8 Å². The molecule has 0 fully saturated rings. The summed E-state index contributed by atoms with van der Waals surface area (Å²) in [5.74, 6) is 0.271. The van der Waals surface area contributed by atoms with Gasteiger partial charge in [-0.15, -0.1) is 11.8 Å². The van der Waals surface area contributed by atoms with E-state index < -0.39 is 28.3 Å². The highest BCUT2D eigenvalue weighted by Gasteiger charge is 2.27. The number of nitrogens with zero attached hydrogens (tertiary/aromatic N) is 1. The van der Waals surface area contributed by atoms with Gasteiger partial charge in [0.15, 0.2) is 0 Å². The maximum Gasteiger partial charge on any atom is 0.264 e. The van der Waals surface area contributed by atoms with Crippen LogP contribution < -0.4 is 14.4 Å². The van der Waals surface area contributed by atoms with Gasteiger partial charge < -0.3 is 10.1 Å². The Morgan fingerprint density at radius 3 is 2.28 bits per heavy atom. The molecule has 0 aliphatic rings. The van der Waals surface area contributed by atoms with Crippen molar-refractivity contribution in [2.75, 3.05) is 22.8 Å². The number of carbonyl (C=O) groups excluding carboxylic acids is 1. The number of nitrogens with one attached hydrogen (secondary N) is 1. The molecular formula is C30H29FN2O4S2. The van der Waals surface area contributed by atoms with Crippen LogP contribution in [0.15, 0.2) is 107 Å². The second-order valence-corrected chi connectivity index (χ2v) is 11.6. The number of anilines is 2. The molecule has 0 aromatic heterocycles. The first-order valence-electron chi connectivity index (χ1n) is 12.3. The minimum absolute atomic E-state index is 0.0143. The van der Waals surface area contributed by atoms with Crippen molar-refractivity contribution in [2.24, 2.45) is 0 Å². The van der Waals surface area contributed by atoms with Crippen LogP contribution in [-0.4, -0.2) is 27.5 Å². The van der Waals surface area contributed by atoms with Crippen molar-refractivity contribution < 1.29 is 22.3 Å². The fourth-order valence-corrected chi connectivity index (χ4v) is 6.17. The van der Waals surface area contributed by atoms with Crippen LogP contribution in [0.25, 0.3) is 0 Å². The zero-order chi connectivity index (χ0) is 27.8. The summed E-state index contributed by atoms with van der Waals surface area (Å²) in [6.45, 7) is 3.67. The second kappa shape index (κ2) is 12.8. The SMILES string of the molecule is CCOc1ccc(S(=O)(=O)N(CC(=O)Nc2ccc(CSc3ccccc3)cc2C)c2ccc(F)cc2)cc1. The summed E-state index contributed by atoms with van der Waals surface area (Å²) < 4.78 is 47.1. The molecule has 0 heterocycles. The molecule has 1 amide bonds. The lowest BCUT2D eigenvalue weighted by Gasteiger charge is -2.24. The molecule has 4 rings (SSSR count). The maximum absolute atomic E-state index is 13.6. The molecule has 0 spiro atoms. The lowest BCUT2D eigenvalue weighted by Crippen LogP contribution is -2.38. The van der Waals surface area contributed by atoms with Crippen LogP contribution in [0.5, 0.6) is 5.75 Å². The molecule has 39 heavy (non-hydrogen) atoms. The van der Waals surface area contributed by atoms with E-state index in [2.05, 4.69) is 17.4 Å². The van der Waals surface area contributed by atoms with Crippen molar-refractivity contribution >= 4 is 39.1 Å². The van der Waals surface area contributed by atoms with Crippen molar-refractivity contribution in [1.29, 1.82) is 0 Å². The van der Waals surface area contributed by atoms with Crippen molar-refractivity contribution in [3.05, 3.63) is 114 Å². The summed E-state index contributed by atoms with van der Waals surface area (Å²) in [5.41, 5.74) is 2.72. The quantitative estimate of drug-likeness (QED) is 0.206. The first-order chi connectivity index (χ1) is 18.8. The zero-order valence-corrected chi connectivity index (χ0v) is 23.3. The number of benzene rings is 4. The number of thioether (sulfide) groups is 1. The average molecular weight is 565 g/mol. The number of aryl methyl sites for hydroxylation is 1. The summed E-state index contributed by atoms with van der Waals surface area (Å²) in [4.78, 5) is 14.3. The number of sulfonamides is 1. The summed E-state index contributed by atoms with van der Waals surface area (Å²) in [6, 6.07) is 26.8. The fraction of sp³-hybridized carbons (Fsp3) is 0.167. The average Bonchev–Trinajstić information content (AvgIpc) is 2.93. The molecule has 0 radical (unpaired) electrons. The van der Waals surface area contributed by atoms with Crippen molar-refractivity contribution in [1.82, 2.24) is 0 Å². The Bertz CT molecular complexity index is 1510. The van der Waals surface area contributed by atoms with Crippen LogP contribution in [0.4, 0.5) is 15.8 Å². The van der Waals surface area contributed by atoms with Gasteiger partial charge in [-0.2, -0.15) is 0 Å². The van der Waals surface area contributed by atoms with E-state index in [0.717, 1.165) is 33.3 Å². The molecule has 9 heteroatoms. The molecule has 6 nitrogen and oxygen atoms in total. The topological polar surface area (TPSA) is 75.7 Å². The lowest BCUT2D eigenvalue weighted by atomic mass is 10.1. The van der Waals surface area contributed by atoms with Crippen LogP contribution in [-0.2, 0) is 20.6 Å². The van der Waals surface area contributed by atoms with Crippen LogP contribution in [0.1, 0.15) is 18.1 Å². The molecule has 0 aliphatic heterocycles. The third-order valence-electron chi connectivity index (χ3n) is 5.84. The molecule has 0 unspecified atom stereocenters. The largest absolute Gasteiger partial charge is 0.494 e. The Kier molecular flexibility index (Phi) is 9.27. The molecule has 4 aromatic rings. The first-order valence-corrected chi connectivity index (χ1v) is 14.8. The summed E-state index contributed by atoms with van der Waals surface area (Å²) in [5, 5.41) is 2.83. The van der Waals surface area contributed by atoms with E-state index in [-0.39, 0.29) is 10.6 Å². The summed E-state index contributed by atoms with van der Waals surface area (Å²) in [6.07, 6.45) is 0. The Morgan fingerprint density at radius 2 is 1.64 bits per heavy atom. The van der Waals surface area contributed by atoms with Crippen molar-refractivity contribution in [2.45, 2.75) is 29.4 Å². The van der Waals surface area contributed by atoms with E-state index in [1.54, 1.807) is 23.9 Å². The molecular weight excluding hydrogens is 535 g/mol. The van der Waals surface area contributed by atoms with Crippen LogP contribution in [0.2, 0.25) is 0 Å². The van der Waals surface area contributed by atoms with Gasteiger partial charge in [0.2, 0.25) is 5.91 Å². The third-order valence-corrected chi connectivity index (χ3v) is 8.71. The van der Waals surface area contributed by atoms with Gasteiger partial charge in [-0.05, 0) is 91.7 Å². The normalized spacial score (nSPS) is 11.2. The van der Waals surface area contributed by atoms with Gasteiger partial charge in [0.05, 0.1) is 17.2 Å². The van der Waals surface area contributed by atoms with Gasteiger partial charge in [-0.25, -0.2) is 12.8 Å². The zero-order valence-electron chi connectivity index (χ0n) is 21.6. The predicted octanol–water partition coefficient (Wildman–Crippen LogP) is 6.66. The molecule has 202 valence electrons. The van der Waals surface area contributed by atoms with Gasteiger partial charge in [-0.1, -0.05) is 30.3 Å². The third kappa shape index (κ3) is 7.40.